The fraction of sp³-hybridized carbons (Fsp3) is 0.154. The maximum atomic E-state index is 11.5. The van der Waals surface area contributed by atoms with E-state index in [1.807, 2.05) is 24.3 Å². The number of hydrogen-bond donors (Lipinski definition) is 1. The highest BCUT2D eigenvalue weighted by Gasteiger charge is 2.08. The summed E-state index contributed by atoms with van der Waals surface area (Å²) in [6.07, 6.45) is 3.63. The van der Waals surface area contributed by atoms with E-state index in [-0.39, 0.29) is 5.91 Å². The van der Waals surface area contributed by atoms with Crippen molar-refractivity contribution in [1.29, 1.82) is 0 Å². The normalized spacial score (nSPS) is 10.2. The summed E-state index contributed by atoms with van der Waals surface area (Å²) in [4.78, 5) is 11.5. The molecule has 3 heteroatoms. The third-order valence-electron chi connectivity index (χ3n) is 2.36. The Balaban J connectivity index is 2.15. The summed E-state index contributed by atoms with van der Waals surface area (Å²) in [7, 11) is 0. The molecule has 1 aromatic heterocycles. The second kappa shape index (κ2) is 4.66. The quantitative estimate of drug-likeness (QED) is 0.795. The van der Waals surface area contributed by atoms with E-state index >= 15 is 0 Å². The molecule has 3 nitrogen and oxygen atoms in total. The second-order valence-electron chi connectivity index (χ2n) is 3.53. The standard InChI is InChI=1S/C13H13NO2/c1-2-7-14-13(15)8-10-9-16-12-6-4-3-5-11(10)12/h2-6,9H,1,7-8H2,(H,14,15). The van der Waals surface area contributed by atoms with Crippen molar-refractivity contribution in [3.63, 3.8) is 0 Å². The van der Waals surface area contributed by atoms with E-state index in [9.17, 15) is 4.79 Å². The first kappa shape index (κ1) is 10.5. The van der Waals surface area contributed by atoms with E-state index in [0.29, 0.717) is 13.0 Å². The van der Waals surface area contributed by atoms with Gasteiger partial charge in [0.05, 0.1) is 12.7 Å². The van der Waals surface area contributed by atoms with Crippen LogP contribution in [0.25, 0.3) is 11.0 Å². The van der Waals surface area contributed by atoms with Gasteiger partial charge in [0.2, 0.25) is 5.91 Å². The largest absolute Gasteiger partial charge is 0.464 e. The molecule has 0 bridgehead atoms. The van der Waals surface area contributed by atoms with E-state index in [1.54, 1.807) is 12.3 Å². The maximum Gasteiger partial charge on any atom is 0.224 e. The van der Waals surface area contributed by atoms with Crippen LogP contribution in [0.1, 0.15) is 5.56 Å². The molecule has 0 saturated heterocycles. The number of furan rings is 1. The van der Waals surface area contributed by atoms with Crippen LogP contribution in [0, 0.1) is 0 Å². The molecule has 0 fully saturated rings. The Morgan fingerprint density at radius 3 is 3.06 bits per heavy atom. The molecule has 0 atom stereocenters. The zero-order valence-corrected chi connectivity index (χ0v) is 8.90. The topological polar surface area (TPSA) is 42.2 Å². The summed E-state index contributed by atoms with van der Waals surface area (Å²) >= 11 is 0. The van der Waals surface area contributed by atoms with Crippen LogP contribution < -0.4 is 5.32 Å². The van der Waals surface area contributed by atoms with Crippen molar-refractivity contribution in [1.82, 2.24) is 5.32 Å². The fourth-order valence-corrected chi connectivity index (χ4v) is 1.59. The average Bonchev–Trinajstić information content (AvgIpc) is 2.70. The molecule has 82 valence electrons. The number of fused-ring (bicyclic) bond motifs is 1. The minimum atomic E-state index is -0.0218. The molecule has 0 aliphatic heterocycles. The van der Waals surface area contributed by atoms with Crippen LogP contribution in [0.2, 0.25) is 0 Å². The van der Waals surface area contributed by atoms with Crippen LogP contribution in [-0.4, -0.2) is 12.5 Å². The highest BCUT2D eigenvalue weighted by Crippen LogP contribution is 2.20. The Kier molecular flexibility index (Phi) is 3.05. The molecule has 1 N–H and O–H groups in total. The molecule has 16 heavy (non-hydrogen) atoms. The number of nitrogens with one attached hydrogen (secondary N) is 1. The fourth-order valence-electron chi connectivity index (χ4n) is 1.59. The van der Waals surface area contributed by atoms with Crippen molar-refractivity contribution >= 4 is 16.9 Å². The molecular formula is C13H13NO2. The molecule has 2 rings (SSSR count). The Morgan fingerprint density at radius 2 is 2.25 bits per heavy atom. The summed E-state index contributed by atoms with van der Waals surface area (Å²) in [5, 5.41) is 3.73. The van der Waals surface area contributed by atoms with Crippen molar-refractivity contribution in [2.24, 2.45) is 0 Å². The van der Waals surface area contributed by atoms with Crippen LogP contribution in [0.3, 0.4) is 0 Å². The van der Waals surface area contributed by atoms with Gasteiger partial charge in [-0.15, -0.1) is 6.58 Å². The predicted molar refractivity (Wildman–Crippen MR) is 63.1 cm³/mol. The van der Waals surface area contributed by atoms with E-state index < -0.39 is 0 Å². The van der Waals surface area contributed by atoms with Gasteiger partial charge in [0.1, 0.15) is 5.58 Å². The van der Waals surface area contributed by atoms with E-state index in [0.717, 1.165) is 16.5 Å². The number of amides is 1. The van der Waals surface area contributed by atoms with Crippen LogP contribution in [0.4, 0.5) is 0 Å². The summed E-state index contributed by atoms with van der Waals surface area (Å²) in [6, 6.07) is 7.69. The van der Waals surface area contributed by atoms with Gasteiger partial charge >= 0.3 is 0 Å². The number of carbonyl (C=O) groups is 1. The van der Waals surface area contributed by atoms with E-state index in [4.69, 9.17) is 4.42 Å². The first-order valence-corrected chi connectivity index (χ1v) is 5.14. The number of rotatable bonds is 4. The zero-order valence-electron chi connectivity index (χ0n) is 8.90. The maximum absolute atomic E-state index is 11.5. The van der Waals surface area contributed by atoms with Gasteiger partial charge < -0.3 is 9.73 Å². The van der Waals surface area contributed by atoms with Crippen LogP contribution in [0.5, 0.6) is 0 Å². The highest BCUT2D eigenvalue weighted by atomic mass is 16.3. The molecule has 0 aliphatic rings. The number of benzene rings is 1. The summed E-state index contributed by atoms with van der Waals surface area (Å²) < 4.78 is 5.35. The molecule has 0 unspecified atom stereocenters. The number of hydrogen-bond acceptors (Lipinski definition) is 2. The van der Waals surface area contributed by atoms with Crippen molar-refractivity contribution in [3.8, 4) is 0 Å². The molecule has 1 heterocycles. The van der Waals surface area contributed by atoms with Gasteiger partial charge in [0.15, 0.2) is 0 Å². The lowest BCUT2D eigenvalue weighted by atomic mass is 10.1. The number of carbonyl (C=O) groups excluding carboxylic acids is 1. The van der Waals surface area contributed by atoms with E-state index in [1.165, 1.54) is 0 Å². The van der Waals surface area contributed by atoms with E-state index in [2.05, 4.69) is 11.9 Å². The monoisotopic (exact) mass is 215 g/mol. The van der Waals surface area contributed by atoms with Gasteiger partial charge in [0.25, 0.3) is 0 Å². The highest BCUT2D eigenvalue weighted by molar-refractivity contribution is 5.87. The number of para-hydroxylation sites is 1. The van der Waals surface area contributed by atoms with Crippen LogP contribution >= 0.6 is 0 Å². The molecule has 1 amide bonds. The summed E-state index contributed by atoms with van der Waals surface area (Å²) in [5.74, 6) is -0.0218. The first-order chi connectivity index (χ1) is 7.81. The van der Waals surface area contributed by atoms with Gasteiger partial charge in [0, 0.05) is 17.5 Å². The second-order valence-corrected chi connectivity index (χ2v) is 3.53. The van der Waals surface area contributed by atoms with Crippen molar-refractivity contribution in [2.45, 2.75) is 6.42 Å². The van der Waals surface area contributed by atoms with Crippen LogP contribution in [-0.2, 0) is 11.2 Å². The SMILES string of the molecule is C=CCNC(=O)Cc1coc2ccccc12. The smallest absolute Gasteiger partial charge is 0.224 e. The summed E-state index contributed by atoms with van der Waals surface area (Å²) in [5.41, 5.74) is 1.73. The third kappa shape index (κ3) is 2.14. The third-order valence-corrected chi connectivity index (χ3v) is 2.36. The molecule has 2 aromatic rings. The molecule has 0 aliphatic carbocycles. The molecule has 0 radical (unpaired) electrons. The Hall–Kier alpha value is -2.03. The van der Waals surface area contributed by atoms with Gasteiger partial charge in [-0.2, -0.15) is 0 Å². The minimum absolute atomic E-state index is 0.0218. The lowest BCUT2D eigenvalue weighted by Gasteiger charge is -2.00. The Labute approximate surface area is 93.8 Å². The Bertz CT molecular complexity index is 513. The zero-order chi connectivity index (χ0) is 11.4. The van der Waals surface area contributed by atoms with Gasteiger partial charge in [-0.1, -0.05) is 24.3 Å². The summed E-state index contributed by atoms with van der Waals surface area (Å²) in [6.45, 7) is 4.04. The predicted octanol–water partition coefficient (Wildman–Crippen LogP) is 2.28. The first-order valence-electron chi connectivity index (χ1n) is 5.14. The molecule has 0 saturated carbocycles. The van der Waals surface area contributed by atoms with Crippen LogP contribution in [0.15, 0.2) is 47.6 Å². The van der Waals surface area contributed by atoms with Crippen molar-refractivity contribution < 1.29 is 9.21 Å². The van der Waals surface area contributed by atoms with Crippen molar-refractivity contribution in [2.75, 3.05) is 6.54 Å². The van der Waals surface area contributed by atoms with Gasteiger partial charge in [-0.05, 0) is 6.07 Å². The Morgan fingerprint density at radius 1 is 1.44 bits per heavy atom. The average molecular weight is 215 g/mol. The molecular weight excluding hydrogens is 202 g/mol. The van der Waals surface area contributed by atoms with Gasteiger partial charge in [-0.25, -0.2) is 0 Å². The lowest BCUT2D eigenvalue weighted by Crippen LogP contribution is -2.24. The van der Waals surface area contributed by atoms with Gasteiger partial charge in [-0.3, -0.25) is 4.79 Å². The minimum Gasteiger partial charge on any atom is -0.464 e. The molecule has 1 aromatic carbocycles. The lowest BCUT2D eigenvalue weighted by molar-refractivity contribution is -0.120. The molecule has 0 spiro atoms. The van der Waals surface area contributed by atoms with Crippen molar-refractivity contribution in [3.05, 3.63) is 48.7 Å².